The Hall–Kier alpha value is -3.41. The molecule has 0 amide bonds. The van der Waals surface area contributed by atoms with Crippen LogP contribution in [0.1, 0.15) is 48.0 Å². The van der Waals surface area contributed by atoms with Crippen molar-refractivity contribution in [3.05, 3.63) is 75.3 Å². The Balaban J connectivity index is 2.09. The van der Waals surface area contributed by atoms with Gasteiger partial charge in [-0.25, -0.2) is 9.78 Å². The monoisotopic (exact) mass is 378 g/mol. The van der Waals surface area contributed by atoms with E-state index in [1.54, 1.807) is 6.08 Å². The van der Waals surface area contributed by atoms with Gasteiger partial charge in [-0.3, -0.25) is 9.20 Å². The quantitative estimate of drug-likeness (QED) is 0.703. The number of carboxylic acids is 1. The first kappa shape index (κ1) is 19.4. The Morgan fingerprint density at radius 1 is 1.21 bits per heavy atom. The Kier molecular flexibility index (Phi) is 5.59. The average molecular weight is 378 g/mol. The molecule has 3 rings (SSSR count). The molecule has 28 heavy (non-hydrogen) atoms. The summed E-state index contributed by atoms with van der Waals surface area (Å²) < 4.78 is 7.11. The second-order valence-electron chi connectivity index (χ2n) is 6.62. The van der Waals surface area contributed by atoms with E-state index >= 15 is 0 Å². The standard InChI is InChI=1S/C22H22N2O4/c1-4-17-18(11-9-15-7-5-6-8-19(15)28-14(2)3)23-20-12-10-16(22(26)27)13-24(20)21(17)25/h5-14H,4H2,1-3H3,(H,26,27)/b11-9+. The fourth-order valence-electron chi connectivity index (χ4n) is 2.94. The largest absolute Gasteiger partial charge is 0.490 e. The highest BCUT2D eigenvalue weighted by molar-refractivity contribution is 5.87. The average Bonchev–Trinajstić information content (AvgIpc) is 2.66. The zero-order valence-corrected chi connectivity index (χ0v) is 16.0. The first-order valence-corrected chi connectivity index (χ1v) is 9.13. The molecule has 0 aliphatic carbocycles. The molecule has 0 aliphatic rings. The molecular formula is C22H22N2O4. The zero-order valence-electron chi connectivity index (χ0n) is 16.0. The van der Waals surface area contributed by atoms with Crippen LogP contribution in [0.2, 0.25) is 0 Å². The summed E-state index contributed by atoms with van der Waals surface area (Å²) in [7, 11) is 0. The fraction of sp³-hybridized carbons (Fsp3) is 0.227. The molecule has 0 bridgehead atoms. The van der Waals surface area contributed by atoms with Gasteiger partial charge in [0.2, 0.25) is 0 Å². The van der Waals surface area contributed by atoms with Gasteiger partial charge in [-0.2, -0.15) is 0 Å². The number of aromatic carboxylic acids is 1. The van der Waals surface area contributed by atoms with E-state index in [-0.39, 0.29) is 17.2 Å². The molecule has 0 saturated carbocycles. The summed E-state index contributed by atoms with van der Waals surface area (Å²) in [6, 6.07) is 10.6. The maximum absolute atomic E-state index is 12.9. The van der Waals surface area contributed by atoms with Crippen molar-refractivity contribution in [2.75, 3.05) is 0 Å². The third-order valence-electron chi connectivity index (χ3n) is 4.25. The predicted molar refractivity (Wildman–Crippen MR) is 109 cm³/mol. The first-order valence-electron chi connectivity index (χ1n) is 9.13. The Labute approximate surface area is 162 Å². The number of fused-ring (bicyclic) bond motifs is 1. The zero-order chi connectivity index (χ0) is 20.3. The maximum Gasteiger partial charge on any atom is 0.337 e. The van der Waals surface area contributed by atoms with Crippen LogP contribution in [-0.4, -0.2) is 26.6 Å². The lowest BCUT2D eigenvalue weighted by molar-refractivity contribution is 0.0696. The summed E-state index contributed by atoms with van der Waals surface area (Å²) in [6.07, 6.45) is 5.52. The van der Waals surface area contributed by atoms with E-state index in [9.17, 15) is 9.59 Å². The SMILES string of the molecule is CCc1c(/C=C/c2ccccc2OC(C)C)nc2ccc(C(=O)O)cn2c1=O. The molecule has 2 heterocycles. The molecule has 0 spiro atoms. The number of hydrogen-bond donors (Lipinski definition) is 1. The van der Waals surface area contributed by atoms with E-state index in [1.807, 2.05) is 51.1 Å². The Morgan fingerprint density at radius 2 is 1.96 bits per heavy atom. The normalized spacial score (nSPS) is 11.4. The molecule has 1 aromatic carbocycles. The lowest BCUT2D eigenvalue weighted by Gasteiger charge is -2.12. The van der Waals surface area contributed by atoms with Crippen LogP contribution in [-0.2, 0) is 6.42 Å². The van der Waals surface area contributed by atoms with Gasteiger partial charge in [-0.1, -0.05) is 25.1 Å². The number of pyridine rings is 1. The van der Waals surface area contributed by atoms with Gasteiger partial charge in [0, 0.05) is 17.3 Å². The summed E-state index contributed by atoms with van der Waals surface area (Å²) in [6.45, 7) is 5.80. The van der Waals surface area contributed by atoms with Gasteiger partial charge in [0.05, 0.1) is 17.4 Å². The van der Waals surface area contributed by atoms with Crippen molar-refractivity contribution in [2.24, 2.45) is 0 Å². The molecule has 0 aliphatic heterocycles. The molecule has 0 saturated heterocycles. The number of carboxylic acid groups (broad SMARTS) is 1. The highest BCUT2D eigenvalue weighted by Gasteiger charge is 2.12. The van der Waals surface area contributed by atoms with Crippen LogP contribution in [0.5, 0.6) is 5.75 Å². The second-order valence-corrected chi connectivity index (χ2v) is 6.62. The third-order valence-corrected chi connectivity index (χ3v) is 4.25. The first-order chi connectivity index (χ1) is 13.4. The second kappa shape index (κ2) is 8.08. The minimum Gasteiger partial charge on any atom is -0.490 e. The Morgan fingerprint density at radius 3 is 2.64 bits per heavy atom. The number of carbonyl (C=O) groups is 1. The third kappa shape index (κ3) is 3.96. The van der Waals surface area contributed by atoms with E-state index in [0.29, 0.717) is 23.3 Å². The number of ether oxygens (including phenoxy) is 1. The van der Waals surface area contributed by atoms with Crippen LogP contribution >= 0.6 is 0 Å². The van der Waals surface area contributed by atoms with Crippen molar-refractivity contribution in [1.82, 2.24) is 9.38 Å². The van der Waals surface area contributed by atoms with E-state index in [0.717, 1.165) is 11.3 Å². The number of aromatic nitrogens is 2. The van der Waals surface area contributed by atoms with Crippen LogP contribution in [0.25, 0.3) is 17.8 Å². The number of rotatable bonds is 6. The van der Waals surface area contributed by atoms with E-state index in [2.05, 4.69) is 4.98 Å². The van der Waals surface area contributed by atoms with E-state index < -0.39 is 5.97 Å². The van der Waals surface area contributed by atoms with Crippen LogP contribution in [0.15, 0.2) is 47.4 Å². The number of para-hydroxylation sites is 1. The van der Waals surface area contributed by atoms with Crippen molar-refractivity contribution in [3.63, 3.8) is 0 Å². The molecule has 1 N–H and O–H groups in total. The van der Waals surface area contributed by atoms with Crippen LogP contribution in [0.4, 0.5) is 0 Å². The number of hydrogen-bond acceptors (Lipinski definition) is 4. The summed E-state index contributed by atoms with van der Waals surface area (Å²) >= 11 is 0. The van der Waals surface area contributed by atoms with Crippen molar-refractivity contribution in [3.8, 4) is 5.75 Å². The molecule has 0 unspecified atom stereocenters. The van der Waals surface area contributed by atoms with Gasteiger partial charge >= 0.3 is 5.97 Å². The van der Waals surface area contributed by atoms with Crippen molar-refractivity contribution in [1.29, 1.82) is 0 Å². The van der Waals surface area contributed by atoms with Crippen LogP contribution in [0, 0.1) is 0 Å². The molecule has 0 fully saturated rings. The number of nitrogens with zero attached hydrogens (tertiary/aromatic N) is 2. The molecule has 3 aromatic rings. The minimum absolute atomic E-state index is 0.0431. The van der Waals surface area contributed by atoms with Gasteiger partial charge < -0.3 is 9.84 Å². The van der Waals surface area contributed by atoms with Gasteiger partial charge in [0.15, 0.2) is 0 Å². The minimum atomic E-state index is -1.09. The van der Waals surface area contributed by atoms with E-state index in [1.165, 1.54) is 22.7 Å². The van der Waals surface area contributed by atoms with Gasteiger partial charge in [-0.15, -0.1) is 0 Å². The topological polar surface area (TPSA) is 80.9 Å². The molecule has 6 heteroatoms. The Bertz CT molecular complexity index is 1110. The van der Waals surface area contributed by atoms with E-state index in [4.69, 9.17) is 9.84 Å². The lowest BCUT2D eigenvalue weighted by atomic mass is 10.1. The highest BCUT2D eigenvalue weighted by Crippen LogP contribution is 2.22. The van der Waals surface area contributed by atoms with Crippen LogP contribution < -0.4 is 10.3 Å². The predicted octanol–water partition coefficient (Wildman–Crippen LogP) is 3.91. The smallest absolute Gasteiger partial charge is 0.337 e. The summed E-state index contributed by atoms with van der Waals surface area (Å²) in [5, 5.41) is 9.16. The molecular weight excluding hydrogens is 356 g/mol. The highest BCUT2D eigenvalue weighted by atomic mass is 16.5. The van der Waals surface area contributed by atoms with Gasteiger partial charge in [0.1, 0.15) is 11.4 Å². The molecule has 0 radical (unpaired) electrons. The van der Waals surface area contributed by atoms with Crippen molar-refractivity contribution >= 4 is 23.8 Å². The van der Waals surface area contributed by atoms with Crippen LogP contribution in [0.3, 0.4) is 0 Å². The molecule has 6 nitrogen and oxygen atoms in total. The molecule has 144 valence electrons. The lowest BCUT2D eigenvalue weighted by Crippen LogP contribution is -2.22. The summed E-state index contributed by atoms with van der Waals surface area (Å²) in [5.41, 5.74) is 2.16. The molecule has 0 atom stereocenters. The van der Waals surface area contributed by atoms with Crippen molar-refractivity contribution < 1.29 is 14.6 Å². The summed E-state index contributed by atoms with van der Waals surface area (Å²) in [4.78, 5) is 28.6. The number of benzene rings is 1. The maximum atomic E-state index is 12.9. The van der Waals surface area contributed by atoms with Gasteiger partial charge in [0.25, 0.3) is 5.56 Å². The van der Waals surface area contributed by atoms with Crippen molar-refractivity contribution in [2.45, 2.75) is 33.3 Å². The summed E-state index contributed by atoms with van der Waals surface area (Å²) in [5.74, 6) is -0.326. The fourth-order valence-corrected chi connectivity index (χ4v) is 2.94. The molecule has 2 aromatic heterocycles. The van der Waals surface area contributed by atoms with Gasteiger partial charge in [-0.05, 0) is 50.6 Å².